The molecular weight excluding hydrogens is 340 g/mol. The molecular formula is C18H20N2O4S. The Balaban J connectivity index is 1.95. The first-order chi connectivity index (χ1) is 11.8. The van der Waals surface area contributed by atoms with E-state index in [0.717, 1.165) is 5.56 Å². The summed E-state index contributed by atoms with van der Waals surface area (Å²) in [4.78, 5) is 13.6. The number of hydrogen-bond acceptors (Lipinski definition) is 4. The molecule has 1 amide bonds. The van der Waals surface area contributed by atoms with Gasteiger partial charge < -0.3 is 9.64 Å². The van der Waals surface area contributed by atoms with Gasteiger partial charge in [-0.25, -0.2) is 8.42 Å². The van der Waals surface area contributed by atoms with Gasteiger partial charge in [-0.3, -0.25) is 9.52 Å². The summed E-state index contributed by atoms with van der Waals surface area (Å²) in [6, 6.07) is 10.1. The number of nitrogens with zero attached hydrogens (tertiary/aromatic N) is 1. The van der Waals surface area contributed by atoms with Crippen LogP contribution < -0.4 is 14.4 Å². The normalized spacial score (nSPS) is 13.8. The zero-order valence-corrected chi connectivity index (χ0v) is 15.2. The van der Waals surface area contributed by atoms with Crippen LogP contribution in [0.5, 0.6) is 5.75 Å². The number of carbonyl (C=O) groups excluding carboxylic acids is 1. The maximum absolute atomic E-state index is 12.7. The highest BCUT2D eigenvalue weighted by molar-refractivity contribution is 7.92. The van der Waals surface area contributed by atoms with Gasteiger partial charge in [0.2, 0.25) is 5.91 Å². The van der Waals surface area contributed by atoms with E-state index in [1.165, 1.54) is 6.92 Å². The summed E-state index contributed by atoms with van der Waals surface area (Å²) in [5.41, 5.74) is 2.63. The summed E-state index contributed by atoms with van der Waals surface area (Å²) >= 11 is 0. The van der Waals surface area contributed by atoms with Crippen LogP contribution in [0.4, 0.5) is 11.4 Å². The maximum atomic E-state index is 12.7. The fourth-order valence-corrected chi connectivity index (χ4v) is 4.20. The molecule has 0 bridgehead atoms. The van der Waals surface area contributed by atoms with Gasteiger partial charge in [-0.2, -0.15) is 0 Å². The van der Waals surface area contributed by atoms with Crippen LogP contribution in [-0.4, -0.2) is 27.5 Å². The van der Waals surface area contributed by atoms with Crippen LogP contribution in [-0.2, 0) is 14.8 Å². The lowest BCUT2D eigenvalue weighted by Gasteiger charge is -2.29. The molecule has 25 heavy (non-hydrogen) atoms. The Morgan fingerprint density at radius 2 is 1.92 bits per heavy atom. The van der Waals surface area contributed by atoms with Gasteiger partial charge in [-0.05, 0) is 43.7 Å². The number of aryl methyl sites for hydroxylation is 2. The average Bonchev–Trinajstić information content (AvgIpc) is 2.53. The highest BCUT2D eigenvalue weighted by Gasteiger charge is 2.23. The van der Waals surface area contributed by atoms with Crippen molar-refractivity contribution in [2.75, 3.05) is 22.8 Å². The molecule has 1 aliphatic rings. The second-order valence-corrected chi connectivity index (χ2v) is 7.73. The summed E-state index contributed by atoms with van der Waals surface area (Å²) < 4.78 is 33.5. The first-order valence-electron chi connectivity index (χ1n) is 7.93. The van der Waals surface area contributed by atoms with Crippen LogP contribution in [0, 0.1) is 13.8 Å². The van der Waals surface area contributed by atoms with E-state index in [9.17, 15) is 13.2 Å². The third-order valence-corrected chi connectivity index (χ3v) is 5.62. The molecule has 0 aliphatic carbocycles. The number of sulfonamides is 1. The quantitative estimate of drug-likeness (QED) is 0.913. The van der Waals surface area contributed by atoms with E-state index in [1.807, 2.05) is 13.0 Å². The monoisotopic (exact) mass is 360 g/mol. The number of carbonyl (C=O) groups is 1. The minimum Gasteiger partial charge on any atom is -0.490 e. The van der Waals surface area contributed by atoms with Gasteiger partial charge >= 0.3 is 0 Å². The van der Waals surface area contributed by atoms with E-state index in [0.29, 0.717) is 35.8 Å². The molecule has 1 heterocycles. The molecule has 0 unspecified atom stereocenters. The fourth-order valence-electron chi connectivity index (χ4n) is 2.92. The Bertz CT molecular complexity index is 938. The molecule has 2 aromatic carbocycles. The third-order valence-electron chi connectivity index (χ3n) is 4.07. The first kappa shape index (κ1) is 17.3. The number of amides is 1. The van der Waals surface area contributed by atoms with E-state index >= 15 is 0 Å². The van der Waals surface area contributed by atoms with Crippen molar-refractivity contribution in [2.45, 2.75) is 25.7 Å². The summed E-state index contributed by atoms with van der Waals surface area (Å²) in [6.07, 6.45) is 0. The molecule has 132 valence electrons. The number of anilines is 2. The lowest BCUT2D eigenvalue weighted by atomic mass is 10.2. The largest absolute Gasteiger partial charge is 0.490 e. The summed E-state index contributed by atoms with van der Waals surface area (Å²) in [6.45, 7) is 6.01. The number of benzene rings is 2. The first-order valence-corrected chi connectivity index (χ1v) is 9.41. The van der Waals surface area contributed by atoms with Crippen molar-refractivity contribution in [3.8, 4) is 5.75 Å². The Hall–Kier alpha value is -2.54. The number of nitrogens with one attached hydrogen (secondary N) is 1. The van der Waals surface area contributed by atoms with Crippen LogP contribution in [0.15, 0.2) is 41.3 Å². The highest BCUT2D eigenvalue weighted by atomic mass is 32.2. The highest BCUT2D eigenvalue weighted by Crippen LogP contribution is 2.35. The Labute approximate surface area is 147 Å². The zero-order chi connectivity index (χ0) is 18.2. The van der Waals surface area contributed by atoms with Crippen molar-refractivity contribution >= 4 is 27.3 Å². The average molecular weight is 360 g/mol. The molecule has 1 aliphatic heterocycles. The number of hydrogen-bond donors (Lipinski definition) is 1. The Kier molecular flexibility index (Phi) is 4.43. The van der Waals surface area contributed by atoms with E-state index in [2.05, 4.69) is 4.72 Å². The predicted octanol–water partition coefficient (Wildman–Crippen LogP) is 2.85. The summed E-state index contributed by atoms with van der Waals surface area (Å²) in [5, 5.41) is 0. The third kappa shape index (κ3) is 3.46. The molecule has 7 heteroatoms. The van der Waals surface area contributed by atoms with Gasteiger partial charge in [-0.15, -0.1) is 0 Å². The van der Waals surface area contributed by atoms with Gasteiger partial charge in [0.25, 0.3) is 10.0 Å². The van der Waals surface area contributed by atoms with Crippen molar-refractivity contribution in [1.29, 1.82) is 0 Å². The van der Waals surface area contributed by atoms with Crippen molar-refractivity contribution < 1.29 is 17.9 Å². The smallest absolute Gasteiger partial charge is 0.262 e. The number of rotatable bonds is 3. The topological polar surface area (TPSA) is 75.7 Å². The van der Waals surface area contributed by atoms with Gasteiger partial charge in [0, 0.05) is 6.92 Å². The molecule has 0 spiro atoms. The molecule has 6 nitrogen and oxygen atoms in total. The van der Waals surface area contributed by atoms with E-state index in [-0.39, 0.29) is 10.8 Å². The molecule has 3 rings (SSSR count). The van der Waals surface area contributed by atoms with Crippen molar-refractivity contribution in [1.82, 2.24) is 0 Å². The second kappa shape index (κ2) is 6.40. The van der Waals surface area contributed by atoms with Gasteiger partial charge in [0.15, 0.2) is 0 Å². The molecule has 0 fully saturated rings. The molecule has 2 aromatic rings. The summed E-state index contributed by atoms with van der Waals surface area (Å²) in [7, 11) is -3.72. The maximum Gasteiger partial charge on any atom is 0.262 e. The van der Waals surface area contributed by atoms with Crippen molar-refractivity contribution in [3.63, 3.8) is 0 Å². The SMILES string of the molecule is CC(=O)N1CCOc2ccc(NS(=O)(=O)c3ccc(C)cc3C)cc21. The standard InChI is InChI=1S/C18H20N2O4S/c1-12-4-7-18(13(2)10-12)25(22,23)19-15-5-6-17-16(11-15)20(14(3)21)8-9-24-17/h4-7,10-11,19H,8-9H2,1-3H3. The minimum atomic E-state index is -3.72. The van der Waals surface area contributed by atoms with Crippen LogP contribution in [0.1, 0.15) is 18.1 Å². The zero-order valence-electron chi connectivity index (χ0n) is 14.4. The van der Waals surface area contributed by atoms with E-state index < -0.39 is 10.0 Å². The molecule has 1 N–H and O–H groups in total. The van der Waals surface area contributed by atoms with E-state index in [4.69, 9.17) is 4.74 Å². The number of fused-ring (bicyclic) bond motifs is 1. The predicted molar refractivity (Wildman–Crippen MR) is 96.7 cm³/mol. The number of ether oxygens (including phenoxy) is 1. The van der Waals surface area contributed by atoms with Gasteiger partial charge in [-0.1, -0.05) is 17.7 Å². The van der Waals surface area contributed by atoms with E-state index in [1.54, 1.807) is 42.2 Å². The van der Waals surface area contributed by atoms with Crippen molar-refractivity contribution in [2.24, 2.45) is 0 Å². The van der Waals surface area contributed by atoms with Gasteiger partial charge in [0.05, 0.1) is 22.8 Å². The molecule has 0 aromatic heterocycles. The lowest BCUT2D eigenvalue weighted by Crippen LogP contribution is -2.36. The Morgan fingerprint density at radius 1 is 1.16 bits per heavy atom. The molecule has 0 saturated heterocycles. The van der Waals surface area contributed by atoms with Crippen LogP contribution in [0.2, 0.25) is 0 Å². The molecule has 0 saturated carbocycles. The molecule has 0 radical (unpaired) electrons. The van der Waals surface area contributed by atoms with Gasteiger partial charge in [0.1, 0.15) is 12.4 Å². The van der Waals surface area contributed by atoms with Crippen LogP contribution in [0.25, 0.3) is 0 Å². The van der Waals surface area contributed by atoms with Crippen LogP contribution in [0.3, 0.4) is 0 Å². The fraction of sp³-hybridized carbons (Fsp3) is 0.278. The lowest BCUT2D eigenvalue weighted by molar-refractivity contribution is -0.116. The second-order valence-electron chi connectivity index (χ2n) is 6.08. The Morgan fingerprint density at radius 3 is 2.60 bits per heavy atom. The molecule has 0 atom stereocenters. The summed E-state index contributed by atoms with van der Waals surface area (Å²) in [5.74, 6) is 0.454. The van der Waals surface area contributed by atoms with Crippen molar-refractivity contribution in [3.05, 3.63) is 47.5 Å². The minimum absolute atomic E-state index is 0.112. The van der Waals surface area contributed by atoms with Crippen LogP contribution >= 0.6 is 0 Å².